The number of hydrogen-bond acceptors (Lipinski definition) is 2. The van der Waals surface area contributed by atoms with E-state index in [1.165, 1.54) is 16.7 Å². The van der Waals surface area contributed by atoms with Gasteiger partial charge in [0.15, 0.2) is 0 Å². The standard InChI is InChI=1S/C15H16BrNS/c1-11-4-2-5-12(8-11)9-18-10-13-14(16)6-3-7-15(13)17/h2-8H,9-10,17H2,1H3. The first kappa shape index (κ1) is 13.5. The number of anilines is 1. The van der Waals surface area contributed by atoms with Gasteiger partial charge >= 0.3 is 0 Å². The van der Waals surface area contributed by atoms with Gasteiger partial charge in [0.05, 0.1) is 0 Å². The van der Waals surface area contributed by atoms with Crippen molar-refractivity contribution in [2.75, 3.05) is 5.73 Å². The topological polar surface area (TPSA) is 26.0 Å². The Morgan fingerprint density at radius 3 is 2.61 bits per heavy atom. The average Bonchev–Trinajstić information content (AvgIpc) is 2.33. The first-order valence-electron chi connectivity index (χ1n) is 5.83. The van der Waals surface area contributed by atoms with E-state index in [9.17, 15) is 0 Å². The maximum atomic E-state index is 5.98. The van der Waals surface area contributed by atoms with Crippen LogP contribution < -0.4 is 5.73 Å². The van der Waals surface area contributed by atoms with Gasteiger partial charge in [0.25, 0.3) is 0 Å². The van der Waals surface area contributed by atoms with Crippen LogP contribution >= 0.6 is 27.7 Å². The molecule has 0 unspecified atom stereocenters. The monoisotopic (exact) mass is 321 g/mol. The van der Waals surface area contributed by atoms with Gasteiger partial charge in [0.2, 0.25) is 0 Å². The van der Waals surface area contributed by atoms with E-state index in [0.29, 0.717) is 0 Å². The number of hydrogen-bond donors (Lipinski definition) is 1. The Labute approximate surface area is 121 Å². The third kappa shape index (κ3) is 3.53. The smallest absolute Gasteiger partial charge is 0.0366 e. The number of aryl methyl sites for hydroxylation is 1. The molecule has 0 fully saturated rings. The van der Waals surface area contributed by atoms with Crippen LogP contribution in [-0.4, -0.2) is 0 Å². The van der Waals surface area contributed by atoms with Crippen LogP contribution in [0, 0.1) is 6.92 Å². The Morgan fingerprint density at radius 2 is 1.89 bits per heavy atom. The average molecular weight is 322 g/mol. The molecule has 2 rings (SSSR count). The highest BCUT2D eigenvalue weighted by atomic mass is 79.9. The minimum Gasteiger partial charge on any atom is -0.398 e. The van der Waals surface area contributed by atoms with Gasteiger partial charge < -0.3 is 5.73 Å². The Balaban J connectivity index is 1.97. The molecule has 2 aromatic rings. The summed E-state index contributed by atoms with van der Waals surface area (Å²) in [4.78, 5) is 0. The highest BCUT2D eigenvalue weighted by Gasteiger charge is 2.04. The fourth-order valence-corrected chi connectivity index (χ4v) is 3.55. The zero-order chi connectivity index (χ0) is 13.0. The first-order chi connectivity index (χ1) is 8.66. The van der Waals surface area contributed by atoms with Crippen LogP contribution in [-0.2, 0) is 11.5 Å². The van der Waals surface area contributed by atoms with Gasteiger partial charge in [-0.3, -0.25) is 0 Å². The highest BCUT2D eigenvalue weighted by molar-refractivity contribution is 9.10. The minimum atomic E-state index is 0.862. The summed E-state index contributed by atoms with van der Waals surface area (Å²) in [5, 5.41) is 0. The largest absolute Gasteiger partial charge is 0.398 e. The minimum absolute atomic E-state index is 0.862. The van der Waals surface area contributed by atoms with Gasteiger partial charge in [0.1, 0.15) is 0 Å². The number of nitrogen functional groups attached to an aromatic ring is 1. The van der Waals surface area contributed by atoms with Gasteiger partial charge in [0, 0.05) is 21.7 Å². The van der Waals surface area contributed by atoms with E-state index in [2.05, 4.69) is 47.1 Å². The van der Waals surface area contributed by atoms with E-state index < -0.39 is 0 Å². The molecule has 0 amide bonds. The lowest BCUT2D eigenvalue weighted by Crippen LogP contribution is -1.94. The van der Waals surface area contributed by atoms with Gasteiger partial charge in [-0.1, -0.05) is 51.8 Å². The van der Waals surface area contributed by atoms with Crippen LogP contribution in [0.1, 0.15) is 16.7 Å². The summed E-state index contributed by atoms with van der Waals surface area (Å²) in [6.45, 7) is 2.12. The molecular formula is C15H16BrNS. The van der Waals surface area contributed by atoms with Crippen LogP contribution in [0.25, 0.3) is 0 Å². The van der Waals surface area contributed by atoms with Crippen LogP contribution in [0.3, 0.4) is 0 Å². The molecule has 0 spiro atoms. The van der Waals surface area contributed by atoms with Crippen molar-refractivity contribution < 1.29 is 0 Å². The molecule has 3 heteroatoms. The van der Waals surface area contributed by atoms with Crippen molar-refractivity contribution in [1.29, 1.82) is 0 Å². The maximum absolute atomic E-state index is 5.98. The summed E-state index contributed by atoms with van der Waals surface area (Å²) < 4.78 is 1.10. The molecule has 2 N–H and O–H groups in total. The second-order valence-electron chi connectivity index (χ2n) is 4.29. The molecule has 2 aromatic carbocycles. The fraction of sp³-hybridized carbons (Fsp3) is 0.200. The zero-order valence-corrected chi connectivity index (χ0v) is 12.7. The van der Waals surface area contributed by atoms with E-state index in [0.717, 1.165) is 21.7 Å². The number of nitrogens with two attached hydrogens (primary N) is 1. The van der Waals surface area contributed by atoms with E-state index >= 15 is 0 Å². The summed E-state index contributed by atoms with van der Waals surface area (Å²) in [5.41, 5.74) is 10.7. The molecule has 0 aliphatic rings. The quantitative estimate of drug-likeness (QED) is 0.820. The van der Waals surface area contributed by atoms with Gasteiger partial charge in [-0.05, 0) is 30.2 Å². The molecule has 18 heavy (non-hydrogen) atoms. The molecule has 0 saturated carbocycles. The third-order valence-corrected chi connectivity index (χ3v) is 4.53. The van der Waals surface area contributed by atoms with Crippen LogP contribution in [0.2, 0.25) is 0 Å². The molecule has 0 aliphatic heterocycles. The van der Waals surface area contributed by atoms with Gasteiger partial charge in [-0.25, -0.2) is 0 Å². The molecule has 0 aromatic heterocycles. The zero-order valence-electron chi connectivity index (χ0n) is 10.3. The van der Waals surface area contributed by atoms with E-state index in [4.69, 9.17) is 5.73 Å². The molecule has 0 bridgehead atoms. The lowest BCUT2D eigenvalue weighted by atomic mass is 10.2. The maximum Gasteiger partial charge on any atom is 0.0366 e. The lowest BCUT2D eigenvalue weighted by Gasteiger charge is -2.08. The van der Waals surface area contributed by atoms with E-state index in [1.54, 1.807) is 0 Å². The molecule has 0 saturated heterocycles. The first-order valence-corrected chi connectivity index (χ1v) is 7.78. The normalized spacial score (nSPS) is 10.6. The number of thioether (sulfide) groups is 1. The van der Waals surface area contributed by atoms with Crippen molar-refractivity contribution in [1.82, 2.24) is 0 Å². The van der Waals surface area contributed by atoms with E-state index in [1.807, 2.05) is 30.0 Å². The summed E-state index contributed by atoms with van der Waals surface area (Å²) in [7, 11) is 0. The van der Waals surface area contributed by atoms with Crippen molar-refractivity contribution in [3.8, 4) is 0 Å². The van der Waals surface area contributed by atoms with Crippen LogP contribution in [0.5, 0.6) is 0 Å². The van der Waals surface area contributed by atoms with Crippen LogP contribution in [0.4, 0.5) is 5.69 Å². The Hall–Kier alpha value is -0.930. The fourth-order valence-electron chi connectivity index (χ4n) is 1.80. The van der Waals surface area contributed by atoms with Gasteiger partial charge in [-0.15, -0.1) is 0 Å². The summed E-state index contributed by atoms with van der Waals surface area (Å²) in [6.07, 6.45) is 0. The molecule has 94 valence electrons. The second-order valence-corrected chi connectivity index (χ2v) is 6.13. The molecule has 0 aliphatic carbocycles. The Morgan fingerprint density at radius 1 is 1.11 bits per heavy atom. The summed E-state index contributed by atoms with van der Waals surface area (Å²) in [6, 6.07) is 14.6. The number of halogens is 1. The summed E-state index contributed by atoms with van der Waals surface area (Å²) in [5.74, 6) is 1.95. The lowest BCUT2D eigenvalue weighted by molar-refractivity contribution is 1.33. The Bertz CT molecular complexity index is 520. The molecule has 0 heterocycles. The van der Waals surface area contributed by atoms with Crippen LogP contribution in [0.15, 0.2) is 46.9 Å². The Kier molecular flexibility index (Phi) is 4.72. The second kappa shape index (κ2) is 6.30. The molecule has 0 atom stereocenters. The van der Waals surface area contributed by atoms with Crippen molar-refractivity contribution in [2.24, 2.45) is 0 Å². The van der Waals surface area contributed by atoms with Crippen molar-refractivity contribution >= 4 is 33.4 Å². The highest BCUT2D eigenvalue weighted by Crippen LogP contribution is 2.28. The number of benzene rings is 2. The van der Waals surface area contributed by atoms with Crippen molar-refractivity contribution in [3.63, 3.8) is 0 Å². The van der Waals surface area contributed by atoms with E-state index in [-0.39, 0.29) is 0 Å². The van der Waals surface area contributed by atoms with Crippen molar-refractivity contribution in [2.45, 2.75) is 18.4 Å². The predicted octanol–water partition coefficient (Wildman–Crippen LogP) is 4.77. The molecular weight excluding hydrogens is 306 g/mol. The van der Waals surface area contributed by atoms with Crippen molar-refractivity contribution in [3.05, 3.63) is 63.6 Å². The summed E-state index contributed by atoms with van der Waals surface area (Å²) >= 11 is 5.44. The molecule has 1 nitrogen and oxygen atoms in total. The number of rotatable bonds is 4. The predicted molar refractivity (Wildman–Crippen MR) is 84.7 cm³/mol. The SMILES string of the molecule is Cc1cccc(CSCc2c(N)cccc2Br)c1. The molecule has 0 radical (unpaired) electrons. The van der Waals surface area contributed by atoms with Gasteiger partial charge in [-0.2, -0.15) is 11.8 Å². The third-order valence-electron chi connectivity index (χ3n) is 2.75.